The highest BCUT2D eigenvalue weighted by Gasteiger charge is 2.24. The second kappa shape index (κ2) is 33.9. The third-order valence-electron chi connectivity index (χ3n) is 11.0. The van der Waals surface area contributed by atoms with Gasteiger partial charge in [-0.2, -0.15) is 0 Å². The predicted octanol–water partition coefficient (Wildman–Crippen LogP) is 14.4. The van der Waals surface area contributed by atoms with Gasteiger partial charge in [-0.05, 0) is 36.5 Å². The van der Waals surface area contributed by atoms with Gasteiger partial charge in [-0.25, -0.2) is 0 Å². The van der Waals surface area contributed by atoms with E-state index in [2.05, 4.69) is 26.0 Å². The maximum absolute atomic E-state index is 13.3. The van der Waals surface area contributed by atoms with E-state index in [0.717, 1.165) is 55.2 Å². The van der Waals surface area contributed by atoms with Gasteiger partial charge in [-0.15, -0.1) is 0 Å². The summed E-state index contributed by atoms with van der Waals surface area (Å²) in [4.78, 5) is 38.6. The van der Waals surface area contributed by atoms with Crippen molar-refractivity contribution >= 4 is 17.9 Å². The number of hydrogen-bond donors (Lipinski definition) is 0. The molecule has 0 aromatic heterocycles. The summed E-state index contributed by atoms with van der Waals surface area (Å²) in [5, 5.41) is 0. The Morgan fingerprint density at radius 3 is 1.16 bits per heavy atom. The number of rotatable bonds is 36. The van der Waals surface area contributed by atoms with Crippen LogP contribution in [0.1, 0.15) is 212 Å². The first-order chi connectivity index (χ1) is 27.4. The highest BCUT2D eigenvalue weighted by Crippen LogP contribution is 2.24. The van der Waals surface area contributed by atoms with Crippen LogP contribution in [-0.4, -0.2) is 37.2 Å². The zero-order valence-corrected chi connectivity index (χ0v) is 36.0. The summed E-state index contributed by atoms with van der Waals surface area (Å²) in [7, 11) is 0. The van der Waals surface area contributed by atoms with Gasteiger partial charge < -0.3 is 14.2 Å². The lowest BCUT2D eigenvalue weighted by molar-refractivity contribution is -0.167. The molecule has 0 amide bonds. The Kier molecular flexibility index (Phi) is 29.7. The van der Waals surface area contributed by atoms with Crippen molar-refractivity contribution in [2.24, 2.45) is 0 Å². The van der Waals surface area contributed by atoms with E-state index < -0.39 is 18.0 Å². The average molecular weight is 777 g/mol. The van der Waals surface area contributed by atoms with E-state index in [1.165, 1.54) is 128 Å². The highest BCUT2D eigenvalue weighted by atomic mass is 16.6. The standard InChI is InChI=1S/C50H80O6/c1-4-6-8-10-12-14-16-18-20-22-24-26-31-35-48(51)54-41-47(42-55-49(52)36-32-27-25-23-21-19-17-15-13-11-9-7-5-2)56-50(53)43(3)44-37-39-46(40-38-44)45-33-29-28-30-34-45/h28-30,33-34,37-40,43,47H,4-27,31-32,35-36,41-42H2,1-3H3/t43-/m1/s1. The Labute approximate surface area is 342 Å². The molecule has 0 saturated heterocycles. The Morgan fingerprint density at radius 2 is 0.786 bits per heavy atom. The Morgan fingerprint density at radius 1 is 0.446 bits per heavy atom. The predicted molar refractivity (Wildman–Crippen MR) is 233 cm³/mol. The molecule has 6 heteroatoms. The molecule has 6 nitrogen and oxygen atoms in total. The summed E-state index contributed by atoms with van der Waals surface area (Å²) in [5.41, 5.74) is 3.00. The SMILES string of the molecule is CCCCCCCCCCCCCCCC(=O)OCC(COC(=O)CCCCCCCCCCCCCCC)OC(=O)[C@H](C)c1ccc(-c2ccccc2)cc1. The molecule has 2 aromatic carbocycles. The molecule has 0 radical (unpaired) electrons. The van der Waals surface area contributed by atoms with E-state index in [4.69, 9.17) is 14.2 Å². The minimum Gasteiger partial charge on any atom is -0.462 e. The molecular weight excluding hydrogens is 697 g/mol. The number of carbonyl (C=O) groups excluding carboxylic acids is 3. The molecule has 0 bridgehead atoms. The first-order valence-electron chi connectivity index (χ1n) is 23.1. The minimum absolute atomic E-state index is 0.130. The van der Waals surface area contributed by atoms with Crippen molar-refractivity contribution in [2.75, 3.05) is 13.2 Å². The van der Waals surface area contributed by atoms with Gasteiger partial charge in [0.05, 0.1) is 5.92 Å². The molecule has 0 heterocycles. The van der Waals surface area contributed by atoms with Gasteiger partial charge in [0.1, 0.15) is 13.2 Å². The van der Waals surface area contributed by atoms with Crippen molar-refractivity contribution in [3.05, 3.63) is 60.2 Å². The monoisotopic (exact) mass is 777 g/mol. The normalized spacial score (nSPS) is 11.8. The zero-order valence-electron chi connectivity index (χ0n) is 36.0. The fourth-order valence-corrected chi connectivity index (χ4v) is 7.20. The lowest BCUT2D eigenvalue weighted by Gasteiger charge is -2.20. The maximum atomic E-state index is 13.3. The van der Waals surface area contributed by atoms with Gasteiger partial charge in [-0.1, -0.05) is 223 Å². The van der Waals surface area contributed by atoms with Crippen molar-refractivity contribution in [2.45, 2.75) is 213 Å². The van der Waals surface area contributed by atoms with E-state index in [1.807, 2.05) is 42.5 Å². The van der Waals surface area contributed by atoms with Crippen molar-refractivity contribution in [3.63, 3.8) is 0 Å². The topological polar surface area (TPSA) is 78.9 Å². The zero-order chi connectivity index (χ0) is 40.3. The molecule has 2 rings (SSSR count). The number of esters is 3. The lowest BCUT2D eigenvalue weighted by Crippen LogP contribution is -2.32. The largest absolute Gasteiger partial charge is 0.462 e. The molecule has 0 aliphatic carbocycles. The number of carbonyl (C=O) groups is 3. The van der Waals surface area contributed by atoms with Crippen LogP contribution in [0, 0.1) is 0 Å². The van der Waals surface area contributed by atoms with Crippen LogP contribution in [0.25, 0.3) is 11.1 Å². The van der Waals surface area contributed by atoms with Crippen LogP contribution in [0.3, 0.4) is 0 Å². The molecule has 316 valence electrons. The van der Waals surface area contributed by atoms with Crippen LogP contribution >= 0.6 is 0 Å². The molecule has 0 spiro atoms. The Bertz CT molecular complexity index is 1200. The van der Waals surface area contributed by atoms with Gasteiger partial charge in [0.2, 0.25) is 0 Å². The minimum atomic E-state index is -0.861. The fourth-order valence-electron chi connectivity index (χ4n) is 7.20. The first kappa shape index (κ1) is 49.0. The molecule has 0 saturated carbocycles. The number of unbranched alkanes of at least 4 members (excludes halogenated alkanes) is 24. The Balaban J connectivity index is 1.72. The van der Waals surface area contributed by atoms with Crippen LogP contribution < -0.4 is 0 Å². The molecule has 0 fully saturated rings. The lowest BCUT2D eigenvalue weighted by atomic mass is 9.97. The average Bonchev–Trinajstić information content (AvgIpc) is 3.22. The quantitative estimate of drug-likeness (QED) is 0.0389. The van der Waals surface area contributed by atoms with Crippen molar-refractivity contribution in [1.82, 2.24) is 0 Å². The van der Waals surface area contributed by atoms with Gasteiger partial charge >= 0.3 is 17.9 Å². The van der Waals surface area contributed by atoms with E-state index in [0.29, 0.717) is 12.8 Å². The highest BCUT2D eigenvalue weighted by molar-refractivity contribution is 5.78. The van der Waals surface area contributed by atoms with E-state index in [9.17, 15) is 14.4 Å². The number of hydrogen-bond acceptors (Lipinski definition) is 6. The molecule has 0 N–H and O–H groups in total. The fraction of sp³-hybridized carbons (Fsp3) is 0.700. The first-order valence-corrected chi connectivity index (χ1v) is 23.1. The summed E-state index contributed by atoms with van der Waals surface area (Å²) in [6.07, 6.45) is 32.1. The molecule has 56 heavy (non-hydrogen) atoms. The van der Waals surface area contributed by atoms with Gasteiger partial charge in [0.25, 0.3) is 0 Å². The van der Waals surface area contributed by atoms with Crippen molar-refractivity contribution < 1.29 is 28.6 Å². The van der Waals surface area contributed by atoms with Crippen molar-refractivity contribution in [1.29, 1.82) is 0 Å². The molecule has 2 aromatic rings. The summed E-state index contributed by atoms with van der Waals surface area (Å²) >= 11 is 0. The summed E-state index contributed by atoms with van der Waals surface area (Å²) < 4.78 is 17.0. The maximum Gasteiger partial charge on any atom is 0.313 e. The van der Waals surface area contributed by atoms with Crippen LogP contribution in [0.5, 0.6) is 0 Å². The molecule has 1 atom stereocenters. The van der Waals surface area contributed by atoms with Crippen LogP contribution in [0.15, 0.2) is 54.6 Å². The third-order valence-corrected chi connectivity index (χ3v) is 11.0. The molecule has 0 aliphatic heterocycles. The van der Waals surface area contributed by atoms with E-state index in [1.54, 1.807) is 6.92 Å². The Hall–Kier alpha value is -3.15. The summed E-state index contributed by atoms with van der Waals surface area (Å²) in [5.74, 6) is -1.60. The van der Waals surface area contributed by atoms with Crippen LogP contribution in [-0.2, 0) is 28.6 Å². The molecular formula is C50H80O6. The van der Waals surface area contributed by atoms with Crippen LogP contribution in [0.4, 0.5) is 0 Å². The van der Waals surface area contributed by atoms with Gasteiger partial charge in [0, 0.05) is 12.8 Å². The number of benzene rings is 2. The second-order valence-electron chi connectivity index (χ2n) is 16.1. The number of ether oxygens (including phenoxy) is 3. The summed E-state index contributed by atoms with van der Waals surface area (Å²) in [6, 6.07) is 18.0. The molecule has 0 unspecified atom stereocenters. The summed E-state index contributed by atoms with van der Waals surface area (Å²) in [6.45, 7) is 6.06. The van der Waals surface area contributed by atoms with Gasteiger partial charge in [-0.3, -0.25) is 14.4 Å². The van der Waals surface area contributed by atoms with Gasteiger partial charge in [0.15, 0.2) is 6.10 Å². The van der Waals surface area contributed by atoms with Crippen molar-refractivity contribution in [3.8, 4) is 11.1 Å². The van der Waals surface area contributed by atoms with E-state index in [-0.39, 0.29) is 25.2 Å². The van der Waals surface area contributed by atoms with Crippen LogP contribution in [0.2, 0.25) is 0 Å². The van der Waals surface area contributed by atoms with E-state index >= 15 is 0 Å². The molecule has 0 aliphatic rings. The second-order valence-corrected chi connectivity index (χ2v) is 16.1. The third kappa shape index (κ3) is 25.2. The smallest absolute Gasteiger partial charge is 0.313 e.